The van der Waals surface area contributed by atoms with E-state index in [9.17, 15) is 18.0 Å². The molecule has 2 aromatic heterocycles. The molecule has 0 spiro atoms. The van der Waals surface area contributed by atoms with Gasteiger partial charge in [-0.1, -0.05) is 0 Å². The van der Waals surface area contributed by atoms with E-state index in [1.54, 1.807) is 6.20 Å². The number of aromatic nitrogens is 3. The van der Waals surface area contributed by atoms with Gasteiger partial charge in [-0.2, -0.15) is 18.2 Å². The molecule has 0 aromatic carbocycles. The Balaban J connectivity index is 1.21. The summed E-state index contributed by atoms with van der Waals surface area (Å²) >= 11 is 0. The van der Waals surface area contributed by atoms with Crippen LogP contribution in [0.25, 0.3) is 0 Å². The van der Waals surface area contributed by atoms with Gasteiger partial charge in [0, 0.05) is 63.4 Å². The number of rotatable bonds is 5. The lowest BCUT2D eigenvalue weighted by molar-refractivity contribution is -0.139. The normalized spacial score (nSPS) is 20.8. The number of alkyl halides is 3. The Bertz CT molecular complexity index is 1110. The first-order chi connectivity index (χ1) is 17.3. The largest absolute Gasteiger partial charge is 0.481 e. The number of nitrogens with zero attached hydrogens (tertiary/aromatic N) is 5. The molecule has 1 atom stereocenters. The molecule has 36 heavy (non-hydrogen) atoms. The summed E-state index contributed by atoms with van der Waals surface area (Å²) in [6.07, 6.45) is 1.07. The fraction of sp³-hybridized carbons (Fsp3) is 0.583. The Morgan fingerprint density at radius 2 is 1.94 bits per heavy atom. The van der Waals surface area contributed by atoms with Crippen LogP contribution in [0.15, 0.2) is 18.5 Å². The van der Waals surface area contributed by atoms with Gasteiger partial charge in [0.05, 0.1) is 31.2 Å². The van der Waals surface area contributed by atoms with Crippen molar-refractivity contribution in [2.45, 2.75) is 44.5 Å². The van der Waals surface area contributed by atoms with Gasteiger partial charge in [0.1, 0.15) is 11.7 Å². The lowest BCUT2D eigenvalue weighted by Gasteiger charge is -2.30. The zero-order valence-electron chi connectivity index (χ0n) is 20.0. The van der Waals surface area contributed by atoms with Gasteiger partial charge in [0.25, 0.3) is 0 Å². The van der Waals surface area contributed by atoms with E-state index in [1.165, 1.54) is 13.3 Å². The van der Waals surface area contributed by atoms with Gasteiger partial charge in [-0.15, -0.1) is 0 Å². The SMILES string of the molecule is COc1ncc(N2CCc3nc(OC4CCN(C(=O)C5CCOCC5)C4)ncc3C2)cc1C(F)(F)F. The molecule has 12 heteroatoms. The van der Waals surface area contributed by atoms with Crippen molar-refractivity contribution in [3.05, 3.63) is 35.3 Å². The first kappa shape index (κ1) is 24.5. The van der Waals surface area contributed by atoms with Crippen LogP contribution < -0.4 is 14.4 Å². The maximum atomic E-state index is 13.4. The molecule has 0 saturated carbocycles. The Labute approximate surface area is 206 Å². The van der Waals surface area contributed by atoms with E-state index < -0.39 is 17.6 Å². The number of ether oxygens (including phenoxy) is 3. The number of halogens is 3. The number of hydrogen-bond acceptors (Lipinski definition) is 8. The average Bonchev–Trinajstić information content (AvgIpc) is 3.36. The second kappa shape index (κ2) is 10.1. The van der Waals surface area contributed by atoms with Crippen LogP contribution in [0.2, 0.25) is 0 Å². The van der Waals surface area contributed by atoms with E-state index in [2.05, 4.69) is 15.0 Å². The highest BCUT2D eigenvalue weighted by Crippen LogP contribution is 2.37. The van der Waals surface area contributed by atoms with Crippen molar-refractivity contribution in [3.63, 3.8) is 0 Å². The van der Waals surface area contributed by atoms with Crippen LogP contribution in [0.5, 0.6) is 11.9 Å². The summed E-state index contributed by atoms with van der Waals surface area (Å²) in [5, 5.41) is 0. The number of hydrogen-bond donors (Lipinski definition) is 0. The van der Waals surface area contributed by atoms with Gasteiger partial charge in [-0.25, -0.2) is 9.97 Å². The standard InChI is InChI=1S/C24H28F3N5O4/c1-34-21-19(24(25,26)27)10-17(12-28-21)31-7-3-20-16(13-31)11-29-23(30-20)36-18-2-6-32(14-18)22(33)15-4-8-35-9-5-15/h10-12,15,18H,2-9,13-14H2,1H3. The number of carbonyl (C=O) groups is 1. The van der Waals surface area contributed by atoms with Crippen LogP contribution in [-0.2, 0) is 28.7 Å². The number of likely N-dealkylation sites (tertiary alicyclic amines) is 1. The highest BCUT2D eigenvalue weighted by atomic mass is 19.4. The van der Waals surface area contributed by atoms with E-state index in [0.717, 1.165) is 36.6 Å². The summed E-state index contributed by atoms with van der Waals surface area (Å²) in [5.41, 5.74) is 1.08. The molecule has 2 saturated heterocycles. The minimum atomic E-state index is -4.57. The van der Waals surface area contributed by atoms with Gasteiger partial charge >= 0.3 is 12.2 Å². The molecule has 1 unspecified atom stereocenters. The number of pyridine rings is 1. The molecule has 0 N–H and O–H groups in total. The molecule has 194 valence electrons. The fourth-order valence-corrected chi connectivity index (χ4v) is 4.93. The molecule has 0 radical (unpaired) electrons. The van der Waals surface area contributed by atoms with Crippen LogP contribution in [0.3, 0.4) is 0 Å². The first-order valence-electron chi connectivity index (χ1n) is 12.1. The molecule has 3 aliphatic rings. The van der Waals surface area contributed by atoms with E-state index in [4.69, 9.17) is 14.2 Å². The van der Waals surface area contributed by atoms with Crippen molar-refractivity contribution in [2.75, 3.05) is 44.9 Å². The number of fused-ring (bicyclic) bond motifs is 1. The third-order valence-electron chi connectivity index (χ3n) is 6.91. The minimum Gasteiger partial charge on any atom is -0.481 e. The van der Waals surface area contributed by atoms with Gasteiger partial charge in [-0.05, 0) is 18.9 Å². The van der Waals surface area contributed by atoms with Crippen molar-refractivity contribution in [1.82, 2.24) is 19.9 Å². The zero-order valence-corrected chi connectivity index (χ0v) is 20.0. The van der Waals surface area contributed by atoms with Crippen LogP contribution in [0.4, 0.5) is 18.9 Å². The molecular weight excluding hydrogens is 479 g/mol. The quantitative estimate of drug-likeness (QED) is 0.611. The molecule has 9 nitrogen and oxygen atoms in total. The molecule has 0 aliphatic carbocycles. The molecule has 5 rings (SSSR count). The predicted molar refractivity (Wildman–Crippen MR) is 122 cm³/mol. The second-order valence-electron chi connectivity index (χ2n) is 9.24. The van der Waals surface area contributed by atoms with Crippen molar-refractivity contribution in [1.29, 1.82) is 0 Å². The highest BCUT2D eigenvalue weighted by Gasteiger charge is 2.36. The van der Waals surface area contributed by atoms with Crippen LogP contribution >= 0.6 is 0 Å². The highest BCUT2D eigenvalue weighted by molar-refractivity contribution is 5.79. The number of carbonyl (C=O) groups excluding carboxylic acids is 1. The maximum Gasteiger partial charge on any atom is 0.421 e. The molecular formula is C24H28F3N5O4. The summed E-state index contributed by atoms with van der Waals surface area (Å²) in [5.74, 6) is -0.264. The van der Waals surface area contributed by atoms with Gasteiger partial charge in [-0.3, -0.25) is 4.79 Å². The van der Waals surface area contributed by atoms with Crippen molar-refractivity contribution < 1.29 is 32.2 Å². The van der Waals surface area contributed by atoms with Gasteiger partial charge in [0.2, 0.25) is 11.8 Å². The first-order valence-corrected chi connectivity index (χ1v) is 12.1. The summed E-state index contributed by atoms with van der Waals surface area (Å²) in [6, 6.07) is 1.32. The van der Waals surface area contributed by atoms with Crippen LogP contribution in [-0.4, -0.2) is 71.8 Å². The summed E-state index contributed by atoms with van der Waals surface area (Å²) in [6.45, 7) is 3.25. The third kappa shape index (κ3) is 5.18. The smallest absolute Gasteiger partial charge is 0.421 e. The molecule has 5 heterocycles. The number of anilines is 1. The molecule has 2 fully saturated rings. The lowest BCUT2D eigenvalue weighted by Crippen LogP contribution is -2.38. The van der Waals surface area contributed by atoms with Crippen molar-refractivity contribution in [3.8, 4) is 11.9 Å². The lowest BCUT2D eigenvalue weighted by atomic mass is 9.99. The number of amides is 1. The Morgan fingerprint density at radius 3 is 2.69 bits per heavy atom. The Hall–Kier alpha value is -3.15. The van der Waals surface area contributed by atoms with Crippen molar-refractivity contribution in [2.24, 2.45) is 5.92 Å². The van der Waals surface area contributed by atoms with Gasteiger partial charge in [0.15, 0.2) is 0 Å². The fourth-order valence-electron chi connectivity index (χ4n) is 4.93. The van der Waals surface area contributed by atoms with E-state index in [1.807, 2.05) is 9.80 Å². The topological polar surface area (TPSA) is 89.9 Å². The second-order valence-corrected chi connectivity index (χ2v) is 9.24. The Kier molecular flexibility index (Phi) is 6.87. The van der Waals surface area contributed by atoms with Gasteiger partial charge < -0.3 is 24.0 Å². The molecule has 1 amide bonds. The van der Waals surface area contributed by atoms with E-state index >= 15 is 0 Å². The zero-order chi connectivity index (χ0) is 25.3. The van der Waals surface area contributed by atoms with Crippen LogP contribution in [0.1, 0.15) is 36.1 Å². The number of methoxy groups -OCH3 is 1. The summed E-state index contributed by atoms with van der Waals surface area (Å²) in [7, 11) is 1.17. The Morgan fingerprint density at radius 1 is 1.14 bits per heavy atom. The molecule has 3 aliphatic heterocycles. The third-order valence-corrected chi connectivity index (χ3v) is 6.91. The summed E-state index contributed by atoms with van der Waals surface area (Å²) in [4.78, 5) is 29.2. The molecule has 2 aromatic rings. The van der Waals surface area contributed by atoms with Crippen LogP contribution in [0, 0.1) is 5.92 Å². The predicted octanol–water partition coefficient (Wildman–Crippen LogP) is 2.87. The maximum absolute atomic E-state index is 13.4. The minimum absolute atomic E-state index is 0.0218. The molecule has 0 bridgehead atoms. The average molecular weight is 508 g/mol. The van der Waals surface area contributed by atoms with E-state index in [-0.39, 0.29) is 23.9 Å². The van der Waals surface area contributed by atoms with E-state index in [0.29, 0.717) is 51.5 Å². The summed E-state index contributed by atoms with van der Waals surface area (Å²) < 4.78 is 56.3. The van der Waals surface area contributed by atoms with Crippen molar-refractivity contribution >= 4 is 11.6 Å². The monoisotopic (exact) mass is 507 g/mol.